The molecule has 0 aliphatic carbocycles. The van der Waals surface area contributed by atoms with Gasteiger partial charge in [0.25, 0.3) is 0 Å². The number of aromatic nitrogens is 2. The summed E-state index contributed by atoms with van der Waals surface area (Å²) in [5.74, 6) is 0.103. The lowest BCUT2D eigenvalue weighted by Crippen LogP contribution is -2.34. The van der Waals surface area contributed by atoms with Gasteiger partial charge in [0, 0.05) is 39.0 Å². The number of fused-ring (bicyclic) bond motifs is 1. The number of rotatable bonds is 5. The first kappa shape index (κ1) is 16.5. The number of carbonyl (C=O) groups is 1. The van der Waals surface area contributed by atoms with E-state index in [-0.39, 0.29) is 11.8 Å². The number of ether oxygens (including phenoxy) is 1. The summed E-state index contributed by atoms with van der Waals surface area (Å²) in [5.41, 5.74) is 3.17. The zero-order valence-corrected chi connectivity index (χ0v) is 14.5. The van der Waals surface area contributed by atoms with Crippen LogP contribution in [0.3, 0.4) is 0 Å². The van der Waals surface area contributed by atoms with Crippen LogP contribution in [0.2, 0.25) is 0 Å². The van der Waals surface area contributed by atoms with Gasteiger partial charge >= 0.3 is 0 Å². The summed E-state index contributed by atoms with van der Waals surface area (Å²) in [6, 6.07) is 8.06. The van der Waals surface area contributed by atoms with Crippen molar-refractivity contribution in [2.24, 2.45) is 5.92 Å². The van der Waals surface area contributed by atoms with E-state index < -0.39 is 0 Å². The minimum Gasteiger partial charge on any atom is -0.383 e. The van der Waals surface area contributed by atoms with E-state index in [9.17, 15) is 4.79 Å². The van der Waals surface area contributed by atoms with Crippen LogP contribution in [-0.2, 0) is 22.6 Å². The van der Waals surface area contributed by atoms with E-state index in [4.69, 9.17) is 4.74 Å². The zero-order valence-electron chi connectivity index (χ0n) is 14.5. The predicted octanol–water partition coefficient (Wildman–Crippen LogP) is 2.15. The van der Waals surface area contributed by atoms with E-state index in [1.54, 1.807) is 12.0 Å². The number of para-hydroxylation sites is 2. The Hall–Kier alpha value is -2.34. The van der Waals surface area contributed by atoms with Crippen LogP contribution in [-0.4, -0.2) is 43.0 Å². The number of anilines is 2. The van der Waals surface area contributed by atoms with Crippen LogP contribution in [0.4, 0.5) is 11.4 Å². The molecule has 1 aromatic heterocycles. The molecule has 0 saturated carbocycles. The molecule has 0 spiro atoms. The first-order chi connectivity index (χ1) is 11.6. The maximum Gasteiger partial charge on any atom is 0.231 e. The van der Waals surface area contributed by atoms with Gasteiger partial charge in [-0.25, -0.2) is 0 Å². The van der Waals surface area contributed by atoms with Crippen LogP contribution in [0.15, 0.2) is 36.7 Å². The second kappa shape index (κ2) is 7.05. The Morgan fingerprint density at radius 2 is 2.04 bits per heavy atom. The van der Waals surface area contributed by atoms with Crippen LogP contribution >= 0.6 is 0 Å². The lowest BCUT2D eigenvalue weighted by Gasteiger charge is -2.25. The number of benzene rings is 1. The summed E-state index contributed by atoms with van der Waals surface area (Å²) in [6.07, 6.45) is 3.93. The maximum atomic E-state index is 12.5. The minimum atomic E-state index is -0.0501. The molecule has 24 heavy (non-hydrogen) atoms. The summed E-state index contributed by atoms with van der Waals surface area (Å²) in [5, 5.41) is 4.38. The fourth-order valence-electron chi connectivity index (χ4n) is 3.14. The molecule has 0 saturated heterocycles. The summed E-state index contributed by atoms with van der Waals surface area (Å²) in [4.78, 5) is 16.5. The first-order valence-electron chi connectivity index (χ1n) is 8.22. The van der Waals surface area contributed by atoms with Gasteiger partial charge in [-0.1, -0.05) is 19.1 Å². The molecule has 2 aromatic rings. The molecule has 3 rings (SSSR count). The Bertz CT molecular complexity index is 713. The third-order valence-electron chi connectivity index (χ3n) is 4.41. The molecule has 0 N–H and O–H groups in total. The standard InChI is InChI=1S/C18H24N4O2/c1-14-11-21(12-15-10-19-22(13-15)8-9-24-3)17-7-5-4-6-16(17)20(2)18(14)23/h4-7,10,13-14H,8-9,11-12H2,1-3H3. The van der Waals surface area contributed by atoms with Crippen molar-refractivity contribution in [2.45, 2.75) is 20.0 Å². The lowest BCUT2D eigenvalue weighted by molar-refractivity contribution is -0.121. The summed E-state index contributed by atoms with van der Waals surface area (Å²) < 4.78 is 6.98. The van der Waals surface area contributed by atoms with Crippen molar-refractivity contribution in [3.8, 4) is 0 Å². The van der Waals surface area contributed by atoms with Gasteiger partial charge < -0.3 is 14.5 Å². The molecular weight excluding hydrogens is 304 g/mol. The zero-order chi connectivity index (χ0) is 17.1. The average molecular weight is 328 g/mol. The van der Waals surface area contributed by atoms with Crippen molar-refractivity contribution in [1.29, 1.82) is 0 Å². The van der Waals surface area contributed by atoms with Crippen LogP contribution < -0.4 is 9.80 Å². The number of hydrogen-bond acceptors (Lipinski definition) is 4. The van der Waals surface area contributed by atoms with Gasteiger partial charge in [0.15, 0.2) is 0 Å². The Labute approximate surface area is 142 Å². The predicted molar refractivity (Wildman–Crippen MR) is 94.2 cm³/mol. The highest BCUT2D eigenvalue weighted by molar-refractivity contribution is 5.99. The fourth-order valence-corrected chi connectivity index (χ4v) is 3.14. The van der Waals surface area contributed by atoms with Crippen molar-refractivity contribution in [3.05, 3.63) is 42.2 Å². The highest BCUT2D eigenvalue weighted by Crippen LogP contribution is 2.33. The van der Waals surface area contributed by atoms with Gasteiger partial charge in [-0.05, 0) is 12.1 Å². The second-order valence-corrected chi connectivity index (χ2v) is 6.27. The number of nitrogens with zero attached hydrogens (tertiary/aromatic N) is 4. The molecule has 1 aliphatic rings. The molecular formula is C18H24N4O2. The largest absolute Gasteiger partial charge is 0.383 e. The molecule has 1 aromatic carbocycles. The Morgan fingerprint density at radius 1 is 1.29 bits per heavy atom. The SMILES string of the molecule is COCCn1cc(CN2CC(C)C(=O)N(C)c3ccccc32)cn1. The number of hydrogen-bond donors (Lipinski definition) is 0. The molecule has 6 heteroatoms. The molecule has 1 atom stereocenters. The Kier molecular flexibility index (Phi) is 4.85. The first-order valence-corrected chi connectivity index (χ1v) is 8.22. The molecule has 2 heterocycles. The summed E-state index contributed by atoms with van der Waals surface area (Å²) in [6.45, 7) is 4.80. The third kappa shape index (κ3) is 3.28. The maximum absolute atomic E-state index is 12.5. The van der Waals surface area contributed by atoms with Gasteiger partial charge in [-0.15, -0.1) is 0 Å². The quantitative estimate of drug-likeness (QED) is 0.844. The smallest absolute Gasteiger partial charge is 0.231 e. The van der Waals surface area contributed by atoms with Crippen LogP contribution in [0.25, 0.3) is 0 Å². The molecule has 1 amide bonds. The summed E-state index contributed by atoms with van der Waals surface area (Å²) in [7, 11) is 3.54. The van der Waals surface area contributed by atoms with Crippen molar-refractivity contribution in [3.63, 3.8) is 0 Å². The van der Waals surface area contributed by atoms with E-state index in [1.807, 2.05) is 49.2 Å². The van der Waals surface area contributed by atoms with Crippen molar-refractivity contribution in [2.75, 3.05) is 37.1 Å². The fraction of sp³-hybridized carbons (Fsp3) is 0.444. The highest BCUT2D eigenvalue weighted by Gasteiger charge is 2.28. The van der Waals surface area contributed by atoms with E-state index in [0.717, 1.165) is 30.0 Å². The molecule has 1 aliphatic heterocycles. The van der Waals surface area contributed by atoms with Gasteiger partial charge in [-0.2, -0.15) is 5.10 Å². The lowest BCUT2D eigenvalue weighted by atomic mass is 10.1. The van der Waals surface area contributed by atoms with Crippen molar-refractivity contribution in [1.82, 2.24) is 9.78 Å². The van der Waals surface area contributed by atoms with Gasteiger partial charge in [-0.3, -0.25) is 9.48 Å². The number of amides is 1. The second-order valence-electron chi connectivity index (χ2n) is 6.27. The van der Waals surface area contributed by atoms with E-state index in [2.05, 4.69) is 16.1 Å². The molecule has 128 valence electrons. The highest BCUT2D eigenvalue weighted by atomic mass is 16.5. The van der Waals surface area contributed by atoms with E-state index in [0.29, 0.717) is 13.2 Å². The van der Waals surface area contributed by atoms with Crippen molar-refractivity contribution < 1.29 is 9.53 Å². The molecule has 6 nitrogen and oxygen atoms in total. The average Bonchev–Trinajstić information content (AvgIpc) is 3.02. The molecule has 0 fully saturated rings. The van der Waals surface area contributed by atoms with Gasteiger partial charge in [0.2, 0.25) is 5.91 Å². The summed E-state index contributed by atoms with van der Waals surface area (Å²) >= 11 is 0. The van der Waals surface area contributed by atoms with Crippen LogP contribution in [0, 0.1) is 5.92 Å². The number of carbonyl (C=O) groups excluding carboxylic acids is 1. The number of methoxy groups -OCH3 is 1. The van der Waals surface area contributed by atoms with Gasteiger partial charge in [0.1, 0.15) is 0 Å². The van der Waals surface area contributed by atoms with Gasteiger partial charge in [0.05, 0.1) is 36.6 Å². The molecule has 0 radical (unpaired) electrons. The van der Waals surface area contributed by atoms with Crippen molar-refractivity contribution >= 4 is 17.3 Å². The van der Waals surface area contributed by atoms with E-state index >= 15 is 0 Å². The minimum absolute atomic E-state index is 0.0501. The Morgan fingerprint density at radius 3 is 2.79 bits per heavy atom. The topological polar surface area (TPSA) is 50.6 Å². The van der Waals surface area contributed by atoms with Crippen LogP contribution in [0.5, 0.6) is 0 Å². The van der Waals surface area contributed by atoms with Crippen LogP contribution in [0.1, 0.15) is 12.5 Å². The molecule has 0 bridgehead atoms. The third-order valence-corrected chi connectivity index (χ3v) is 4.41. The monoisotopic (exact) mass is 328 g/mol. The normalized spacial score (nSPS) is 17.8. The Balaban J connectivity index is 1.85. The molecule has 1 unspecified atom stereocenters. The van der Waals surface area contributed by atoms with E-state index in [1.165, 1.54) is 0 Å².